The first-order valence-electron chi connectivity index (χ1n) is 8.95. The Labute approximate surface area is 130 Å². The SMILES string of the molecule is CCCCCCCCCCCCCC1(C(=O)O)NCCN1. The molecule has 1 rings (SSSR count). The fourth-order valence-electron chi connectivity index (χ4n) is 3.10. The molecule has 0 atom stereocenters. The van der Waals surface area contributed by atoms with Crippen LogP contribution in [-0.4, -0.2) is 29.8 Å². The predicted molar refractivity (Wildman–Crippen MR) is 87.5 cm³/mol. The van der Waals surface area contributed by atoms with Crippen LogP contribution >= 0.6 is 0 Å². The maximum atomic E-state index is 11.3. The molecule has 0 aromatic rings. The predicted octanol–water partition coefficient (Wildman–Crippen LogP) is 3.66. The molecule has 1 aliphatic heterocycles. The van der Waals surface area contributed by atoms with Gasteiger partial charge in [0.15, 0.2) is 5.66 Å². The van der Waals surface area contributed by atoms with Crippen molar-refractivity contribution < 1.29 is 9.90 Å². The van der Waals surface area contributed by atoms with Crippen LogP contribution in [0.15, 0.2) is 0 Å². The number of carboxylic acids is 1. The minimum atomic E-state index is -0.848. The van der Waals surface area contributed by atoms with Gasteiger partial charge in [-0.15, -0.1) is 0 Å². The molecule has 0 unspecified atom stereocenters. The Kier molecular flexibility index (Phi) is 9.68. The summed E-state index contributed by atoms with van der Waals surface area (Å²) in [5.41, 5.74) is -0.848. The zero-order chi connectivity index (χ0) is 15.4. The monoisotopic (exact) mass is 298 g/mol. The van der Waals surface area contributed by atoms with Crippen LogP contribution in [0.2, 0.25) is 0 Å². The number of carbonyl (C=O) groups is 1. The van der Waals surface area contributed by atoms with Crippen molar-refractivity contribution in [2.24, 2.45) is 0 Å². The molecule has 0 radical (unpaired) electrons. The molecule has 0 aromatic carbocycles. The summed E-state index contributed by atoms with van der Waals surface area (Å²) in [7, 11) is 0. The van der Waals surface area contributed by atoms with Gasteiger partial charge in [0.25, 0.3) is 0 Å². The van der Waals surface area contributed by atoms with E-state index >= 15 is 0 Å². The maximum absolute atomic E-state index is 11.3. The number of unbranched alkanes of at least 4 members (excludes halogenated alkanes) is 10. The summed E-state index contributed by atoms with van der Waals surface area (Å²) in [5.74, 6) is -0.757. The van der Waals surface area contributed by atoms with E-state index in [0.29, 0.717) is 6.42 Å². The van der Waals surface area contributed by atoms with Crippen LogP contribution in [0.5, 0.6) is 0 Å². The Morgan fingerprint density at radius 1 is 0.857 bits per heavy atom. The van der Waals surface area contributed by atoms with Crippen molar-refractivity contribution >= 4 is 5.97 Å². The molecule has 0 bridgehead atoms. The van der Waals surface area contributed by atoms with Gasteiger partial charge in [0, 0.05) is 13.1 Å². The first kappa shape index (κ1) is 18.4. The van der Waals surface area contributed by atoms with Crippen LogP contribution in [0, 0.1) is 0 Å². The highest BCUT2D eigenvalue weighted by Crippen LogP contribution is 2.17. The van der Waals surface area contributed by atoms with Crippen LogP contribution in [-0.2, 0) is 4.79 Å². The molecule has 0 amide bonds. The lowest BCUT2D eigenvalue weighted by molar-refractivity contribution is -0.145. The Hall–Kier alpha value is -0.610. The summed E-state index contributed by atoms with van der Waals surface area (Å²) in [5, 5.41) is 15.5. The quantitative estimate of drug-likeness (QED) is 0.454. The molecular formula is C17H34N2O2. The molecule has 0 saturated carbocycles. The van der Waals surface area contributed by atoms with Crippen LogP contribution in [0.4, 0.5) is 0 Å². The lowest BCUT2D eigenvalue weighted by Crippen LogP contribution is -2.55. The van der Waals surface area contributed by atoms with Crippen molar-refractivity contribution in [1.82, 2.24) is 10.6 Å². The summed E-state index contributed by atoms with van der Waals surface area (Å²) in [6, 6.07) is 0. The highest BCUT2D eigenvalue weighted by atomic mass is 16.4. The Balaban J connectivity index is 1.91. The standard InChI is InChI=1S/C17H34N2O2/c1-2-3-4-5-6-7-8-9-10-11-12-13-17(16(20)21)18-14-15-19-17/h18-19H,2-15H2,1H3,(H,20,21). The second-order valence-electron chi connectivity index (χ2n) is 6.35. The van der Waals surface area contributed by atoms with Gasteiger partial charge in [-0.2, -0.15) is 0 Å². The van der Waals surface area contributed by atoms with Gasteiger partial charge >= 0.3 is 5.97 Å². The summed E-state index contributed by atoms with van der Waals surface area (Å²) < 4.78 is 0. The number of carboxylic acid groups (broad SMARTS) is 1. The molecular weight excluding hydrogens is 264 g/mol. The summed E-state index contributed by atoms with van der Waals surface area (Å²) in [4.78, 5) is 11.3. The second kappa shape index (κ2) is 11.0. The third-order valence-electron chi connectivity index (χ3n) is 4.50. The fourth-order valence-corrected chi connectivity index (χ4v) is 3.10. The molecule has 1 heterocycles. The first-order valence-corrected chi connectivity index (χ1v) is 8.95. The average molecular weight is 298 g/mol. The van der Waals surface area contributed by atoms with Crippen LogP contribution in [0.1, 0.15) is 84.0 Å². The van der Waals surface area contributed by atoms with Crippen LogP contribution < -0.4 is 10.6 Å². The van der Waals surface area contributed by atoms with Gasteiger partial charge in [-0.05, 0) is 12.8 Å². The molecule has 3 N–H and O–H groups in total. The van der Waals surface area contributed by atoms with E-state index < -0.39 is 11.6 Å². The Morgan fingerprint density at radius 3 is 1.71 bits per heavy atom. The molecule has 0 aromatic heterocycles. The maximum Gasteiger partial charge on any atom is 0.338 e. The largest absolute Gasteiger partial charge is 0.479 e. The Morgan fingerprint density at radius 2 is 1.29 bits per heavy atom. The first-order chi connectivity index (χ1) is 10.2. The van der Waals surface area contributed by atoms with Crippen LogP contribution in [0.25, 0.3) is 0 Å². The minimum absolute atomic E-state index is 0.694. The fraction of sp³-hybridized carbons (Fsp3) is 0.941. The minimum Gasteiger partial charge on any atom is -0.479 e. The van der Waals surface area contributed by atoms with E-state index in [0.717, 1.165) is 25.9 Å². The molecule has 4 nitrogen and oxygen atoms in total. The van der Waals surface area contributed by atoms with Gasteiger partial charge in [0.2, 0.25) is 0 Å². The molecule has 1 fully saturated rings. The normalized spacial score (nSPS) is 17.2. The topological polar surface area (TPSA) is 61.4 Å². The average Bonchev–Trinajstić information content (AvgIpc) is 2.95. The number of hydrogen-bond acceptors (Lipinski definition) is 3. The number of hydrogen-bond donors (Lipinski definition) is 3. The van der Waals surface area contributed by atoms with Crippen molar-refractivity contribution in [3.05, 3.63) is 0 Å². The van der Waals surface area contributed by atoms with Crippen molar-refractivity contribution in [3.63, 3.8) is 0 Å². The molecule has 124 valence electrons. The zero-order valence-electron chi connectivity index (χ0n) is 13.8. The number of nitrogens with one attached hydrogen (secondary N) is 2. The number of rotatable bonds is 13. The van der Waals surface area contributed by atoms with Gasteiger partial charge in [0.05, 0.1) is 0 Å². The van der Waals surface area contributed by atoms with E-state index in [1.54, 1.807) is 0 Å². The molecule has 4 heteroatoms. The highest BCUT2D eigenvalue weighted by Gasteiger charge is 2.39. The van der Waals surface area contributed by atoms with E-state index in [1.807, 2.05) is 0 Å². The second-order valence-corrected chi connectivity index (χ2v) is 6.35. The molecule has 0 spiro atoms. The lowest BCUT2D eigenvalue weighted by atomic mass is 10.0. The number of aliphatic carboxylic acids is 1. The summed E-state index contributed by atoms with van der Waals surface area (Å²) in [6.45, 7) is 3.76. The lowest BCUT2D eigenvalue weighted by Gasteiger charge is -2.24. The van der Waals surface area contributed by atoms with Gasteiger partial charge in [-0.3, -0.25) is 10.6 Å². The van der Waals surface area contributed by atoms with Crippen LogP contribution in [0.3, 0.4) is 0 Å². The van der Waals surface area contributed by atoms with E-state index in [9.17, 15) is 9.90 Å². The van der Waals surface area contributed by atoms with Gasteiger partial charge in [0.1, 0.15) is 0 Å². The molecule has 1 saturated heterocycles. The molecule has 21 heavy (non-hydrogen) atoms. The highest BCUT2D eigenvalue weighted by molar-refractivity contribution is 5.78. The van der Waals surface area contributed by atoms with E-state index in [1.165, 1.54) is 57.8 Å². The Bertz CT molecular complexity index is 276. The van der Waals surface area contributed by atoms with Crippen molar-refractivity contribution in [1.29, 1.82) is 0 Å². The van der Waals surface area contributed by atoms with Gasteiger partial charge < -0.3 is 5.11 Å². The third kappa shape index (κ3) is 7.28. The van der Waals surface area contributed by atoms with E-state index in [-0.39, 0.29) is 0 Å². The van der Waals surface area contributed by atoms with Crippen molar-refractivity contribution in [3.8, 4) is 0 Å². The van der Waals surface area contributed by atoms with Gasteiger partial charge in [-0.25, -0.2) is 4.79 Å². The zero-order valence-corrected chi connectivity index (χ0v) is 13.8. The molecule has 1 aliphatic rings. The third-order valence-corrected chi connectivity index (χ3v) is 4.50. The smallest absolute Gasteiger partial charge is 0.338 e. The van der Waals surface area contributed by atoms with Gasteiger partial charge in [-0.1, -0.05) is 71.1 Å². The molecule has 0 aliphatic carbocycles. The van der Waals surface area contributed by atoms with Crippen molar-refractivity contribution in [2.45, 2.75) is 89.6 Å². The van der Waals surface area contributed by atoms with E-state index in [4.69, 9.17) is 0 Å². The van der Waals surface area contributed by atoms with Crippen molar-refractivity contribution in [2.75, 3.05) is 13.1 Å². The van der Waals surface area contributed by atoms with E-state index in [2.05, 4.69) is 17.6 Å². The summed E-state index contributed by atoms with van der Waals surface area (Å²) in [6.07, 6.45) is 15.0. The summed E-state index contributed by atoms with van der Waals surface area (Å²) >= 11 is 0.